The van der Waals surface area contributed by atoms with Gasteiger partial charge in [0.2, 0.25) is 0 Å². The fourth-order valence-electron chi connectivity index (χ4n) is 2.88. The van der Waals surface area contributed by atoms with E-state index in [2.05, 4.69) is 22.4 Å². The number of rotatable bonds is 4. The number of aromatic amines is 1. The molecule has 1 aliphatic carbocycles. The van der Waals surface area contributed by atoms with Gasteiger partial charge < -0.3 is 11.1 Å². The van der Waals surface area contributed by atoms with Gasteiger partial charge in [-0.25, -0.2) is 0 Å². The van der Waals surface area contributed by atoms with Crippen LogP contribution in [0.2, 0.25) is 0 Å². The van der Waals surface area contributed by atoms with Crippen LogP contribution < -0.4 is 11.1 Å². The van der Waals surface area contributed by atoms with Crippen LogP contribution in [0.25, 0.3) is 0 Å². The van der Waals surface area contributed by atoms with Gasteiger partial charge >= 0.3 is 0 Å². The van der Waals surface area contributed by atoms with E-state index < -0.39 is 5.54 Å². The summed E-state index contributed by atoms with van der Waals surface area (Å²) in [7, 11) is 0. The van der Waals surface area contributed by atoms with Crippen molar-refractivity contribution in [1.29, 1.82) is 0 Å². The Labute approximate surface area is 124 Å². The summed E-state index contributed by atoms with van der Waals surface area (Å²) in [5.41, 5.74) is 6.69. The van der Waals surface area contributed by atoms with Crippen LogP contribution in [0.5, 0.6) is 0 Å². The van der Waals surface area contributed by atoms with Crippen molar-refractivity contribution in [2.45, 2.75) is 51.5 Å². The summed E-state index contributed by atoms with van der Waals surface area (Å²) in [4.78, 5) is 12.8. The number of nitrogens with one attached hydrogen (secondary N) is 2. The van der Waals surface area contributed by atoms with Gasteiger partial charge in [-0.15, -0.1) is 0 Å². The molecule has 6 heteroatoms. The van der Waals surface area contributed by atoms with Gasteiger partial charge in [-0.05, 0) is 38.5 Å². The topological polar surface area (TPSA) is 83.8 Å². The minimum atomic E-state index is -0.540. The van der Waals surface area contributed by atoms with Gasteiger partial charge in [0.1, 0.15) is 0 Å². The quantitative estimate of drug-likeness (QED) is 0.742. The van der Waals surface area contributed by atoms with Crippen LogP contribution in [0, 0.1) is 12.8 Å². The SMILES string of the molecule is CCC1CCC(NC(=O)c2cn[nH]c2C)(C(N)=S)CC1. The smallest absolute Gasteiger partial charge is 0.255 e. The highest BCUT2D eigenvalue weighted by molar-refractivity contribution is 7.80. The summed E-state index contributed by atoms with van der Waals surface area (Å²) >= 11 is 5.22. The van der Waals surface area contributed by atoms with Crippen LogP contribution in [0.15, 0.2) is 6.20 Å². The van der Waals surface area contributed by atoms with E-state index in [9.17, 15) is 4.79 Å². The zero-order chi connectivity index (χ0) is 14.8. The molecule has 0 unspecified atom stereocenters. The number of hydrogen-bond acceptors (Lipinski definition) is 3. The number of carbonyl (C=O) groups excluding carboxylic acids is 1. The average Bonchev–Trinajstić information content (AvgIpc) is 2.85. The third kappa shape index (κ3) is 2.85. The molecule has 2 rings (SSSR count). The lowest BCUT2D eigenvalue weighted by Gasteiger charge is -2.40. The maximum atomic E-state index is 12.4. The summed E-state index contributed by atoms with van der Waals surface area (Å²) in [5, 5.41) is 9.70. The average molecular weight is 294 g/mol. The summed E-state index contributed by atoms with van der Waals surface area (Å²) < 4.78 is 0. The Bertz CT molecular complexity index is 503. The minimum absolute atomic E-state index is 0.154. The second-order valence-corrected chi connectivity index (χ2v) is 6.10. The lowest BCUT2D eigenvalue weighted by atomic mass is 9.75. The van der Waals surface area contributed by atoms with Crippen molar-refractivity contribution in [1.82, 2.24) is 15.5 Å². The van der Waals surface area contributed by atoms with Gasteiger partial charge in [0.05, 0.1) is 22.3 Å². The van der Waals surface area contributed by atoms with Gasteiger partial charge in [-0.3, -0.25) is 9.89 Å². The molecule has 20 heavy (non-hydrogen) atoms. The number of nitrogens with zero attached hydrogens (tertiary/aromatic N) is 1. The van der Waals surface area contributed by atoms with E-state index >= 15 is 0 Å². The second kappa shape index (κ2) is 5.91. The summed E-state index contributed by atoms with van der Waals surface area (Å²) in [6, 6.07) is 0. The van der Waals surface area contributed by atoms with Gasteiger partial charge in [0.15, 0.2) is 0 Å². The Kier molecular flexibility index (Phi) is 4.42. The van der Waals surface area contributed by atoms with E-state index in [0.717, 1.165) is 31.4 Å². The molecule has 0 aromatic carbocycles. The molecule has 5 nitrogen and oxygen atoms in total. The van der Waals surface area contributed by atoms with Crippen LogP contribution >= 0.6 is 12.2 Å². The van der Waals surface area contributed by atoms with Crippen LogP contribution in [-0.4, -0.2) is 26.6 Å². The Morgan fingerprint density at radius 3 is 2.70 bits per heavy atom. The van der Waals surface area contributed by atoms with E-state index in [-0.39, 0.29) is 5.91 Å². The molecule has 0 aliphatic heterocycles. The third-order valence-electron chi connectivity index (χ3n) is 4.44. The summed E-state index contributed by atoms with van der Waals surface area (Å²) in [6.07, 6.45) is 6.46. The lowest BCUT2D eigenvalue weighted by Crippen LogP contribution is -2.58. The summed E-state index contributed by atoms with van der Waals surface area (Å²) in [5.74, 6) is 0.559. The Balaban J connectivity index is 2.13. The molecule has 1 aliphatic rings. The molecular formula is C14H22N4OS. The van der Waals surface area contributed by atoms with Crippen molar-refractivity contribution in [3.05, 3.63) is 17.5 Å². The molecule has 1 aromatic heterocycles. The molecule has 1 fully saturated rings. The predicted octanol–water partition coefficient (Wildman–Crippen LogP) is 2.07. The van der Waals surface area contributed by atoms with E-state index in [4.69, 9.17) is 18.0 Å². The van der Waals surface area contributed by atoms with Crippen LogP contribution in [0.3, 0.4) is 0 Å². The molecule has 4 N–H and O–H groups in total. The molecule has 1 amide bonds. The van der Waals surface area contributed by atoms with E-state index in [1.807, 2.05) is 6.92 Å². The molecule has 0 saturated heterocycles. The molecule has 0 atom stereocenters. The third-order valence-corrected chi connectivity index (χ3v) is 4.83. The second-order valence-electron chi connectivity index (χ2n) is 5.66. The number of thiocarbonyl (C=S) groups is 1. The number of aromatic nitrogens is 2. The maximum absolute atomic E-state index is 12.4. The van der Waals surface area contributed by atoms with Gasteiger partial charge in [-0.1, -0.05) is 25.6 Å². The highest BCUT2D eigenvalue weighted by Gasteiger charge is 2.39. The predicted molar refractivity (Wildman–Crippen MR) is 82.6 cm³/mol. The van der Waals surface area contributed by atoms with Crippen molar-refractivity contribution in [2.24, 2.45) is 11.7 Å². The molecular weight excluding hydrogens is 272 g/mol. The highest BCUT2D eigenvalue weighted by Crippen LogP contribution is 2.34. The highest BCUT2D eigenvalue weighted by atomic mass is 32.1. The molecule has 1 aromatic rings. The molecule has 1 saturated carbocycles. The number of amides is 1. The first-order valence-electron chi connectivity index (χ1n) is 7.11. The van der Waals surface area contributed by atoms with Crippen LogP contribution in [0.1, 0.15) is 55.1 Å². The van der Waals surface area contributed by atoms with Crippen LogP contribution in [-0.2, 0) is 0 Å². The van der Waals surface area contributed by atoms with Crippen molar-refractivity contribution in [2.75, 3.05) is 0 Å². The molecule has 110 valence electrons. The minimum Gasteiger partial charge on any atom is -0.391 e. The van der Waals surface area contributed by atoms with Crippen molar-refractivity contribution < 1.29 is 4.79 Å². The van der Waals surface area contributed by atoms with E-state index in [1.54, 1.807) is 0 Å². The van der Waals surface area contributed by atoms with Crippen molar-refractivity contribution in [3.63, 3.8) is 0 Å². The molecule has 0 spiro atoms. The van der Waals surface area contributed by atoms with Gasteiger partial charge in [-0.2, -0.15) is 5.10 Å². The van der Waals surface area contributed by atoms with E-state index in [0.29, 0.717) is 16.5 Å². The Morgan fingerprint density at radius 2 is 2.25 bits per heavy atom. The van der Waals surface area contributed by atoms with Crippen molar-refractivity contribution in [3.8, 4) is 0 Å². The number of H-pyrrole nitrogens is 1. The van der Waals surface area contributed by atoms with Crippen molar-refractivity contribution >= 4 is 23.1 Å². The first-order valence-corrected chi connectivity index (χ1v) is 7.51. The largest absolute Gasteiger partial charge is 0.391 e. The molecule has 1 heterocycles. The fraction of sp³-hybridized carbons (Fsp3) is 0.643. The lowest BCUT2D eigenvalue weighted by molar-refractivity contribution is 0.0898. The zero-order valence-corrected chi connectivity index (χ0v) is 12.8. The molecule has 0 bridgehead atoms. The summed E-state index contributed by atoms with van der Waals surface area (Å²) in [6.45, 7) is 4.02. The standard InChI is InChI=1S/C14H22N4OS/c1-3-10-4-6-14(7-5-10,13(15)20)17-12(19)11-8-16-18-9(11)2/h8,10H,3-7H2,1-2H3,(H2,15,20)(H,16,18)(H,17,19). The zero-order valence-electron chi connectivity index (χ0n) is 12.0. The first-order chi connectivity index (χ1) is 9.48. The number of aryl methyl sites for hydroxylation is 1. The number of hydrogen-bond donors (Lipinski definition) is 3. The maximum Gasteiger partial charge on any atom is 0.255 e. The van der Waals surface area contributed by atoms with Gasteiger partial charge in [0.25, 0.3) is 5.91 Å². The van der Waals surface area contributed by atoms with E-state index in [1.165, 1.54) is 12.6 Å². The van der Waals surface area contributed by atoms with Gasteiger partial charge in [0, 0.05) is 5.69 Å². The fourth-order valence-corrected chi connectivity index (χ4v) is 3.13. The number of carbonyl (C=O) groups is 1. The monoisotopic (exact) mass is 294 g/mol. The first kappa shape index (κ1) is 15.0. The Hall–Kier alpha value is -1.43. The normalized spacial score (nSPS) is 26.2. The Morgan fingerprint density at radius 1 is 1.60 bits per heavy atom. The number of nitrogens with two attached hydrogens (primary N) is 1. The molecule has 0 radical (unpaired) electrons. The van der Waals surface area contributed by atoms with Crippen LogP contribution in [0.4, 0.5) is 0 Å².